The second kappa shape index (κ2) is 10.5. The van der Waals surface area contributed by atoms with E-state index in [4.69, 9.17) is 0 Å². The van der Waals surface area contributed by atoms with E-state index < -0.39 is 0 Å². The Morgan fingerprint density at radius 3 is 2.58 bits per heavy atom. The van der Waals surface area contributed by atoms with Crippen LogP contribution in [-0.2, 0) is 4.79 Å². The number of aromatic nitrogens is 1. The number of amides is 1. The number of anilines is 1. The molecule has 0 radical (unpaired) electrons. The Morgan fingerprint density at radius 1 is 1.06 bits per heavy atom. The van der Waals surface area contributed by atoms with Crippen LogP contribution < -0.4 is 5.32 Å². The lowest BCUT2D eigenvalue weighted by Gasteiger charge is -2.33. The van der Waals surface area contributed by atoms with Crippen molar-refractivity contribution in [3.8, 4) is 11.3 Å². The van der Waals surface area contributed by atoms with Gasteiger partial charge in [0.2, 0.25) is 5.91 Å². The largest absolute Gasteiger partial charge is 0.325 e. The molecule has 1 aliphatic heterocycles. The first-order valence-electron chi connectivity index (χ1n) is 10.6. The monoisotopic (exact) mass is 432 g/mol. The molecular weight excluding hydrogens is 404 g/mol. The third kappa shape index (κ3) is 6.34. The highest BCUT2D eigenvalue weighted by molar-refractivity contribution is 7.09. The standard InChI is InChI=1S/C25H28N4OS/c1-20-26-24(19-31-20)22-10-5-11-23(17-22)27-25(30)18-29-15-13-28(14-16-29)12-6-9-21-7-3-2-4-8-21/h2-11,17,19H,12-16,18H2,1H3,(H,27,30). The first-order valence-corrected chi connectivity index (χ1v) is 11.5. The van der Waals surface area contributed by atoms with Crippen LogP contribution in [0.5, 0.6) is 0 Å². The second-order valence-electron chi connectivity index (χ2n) is 7.77. The molecule has 31 heavy (non-hydrogen) atoms. The van der Waals surface area contributed by atoms with Gasteiger partial charge in [-0.25, -0.2) is 4.98 Å². The topological polar surface area (TPSA) is 48.5 Å². The van der Waals surface area contributed by atoms with Gasteiger partial charge in [-0.3, -0.25) is 14.6 Å². The minimum absolute atomic E-state index is 0.0315. The summed E-state index contributed by atoms with van der Waals surface area (Å²) in [6, 6.07) is 18.3. The first kappa shape index (κ1) is 21.4. The van der Waals surface area contributed by atoms with Crippen LogP contribution in [0.15, 0.2) is 66.1 Å². The maximum absolute atomic E-state index is 12.6. The summed E-state index contributed by atoms with van der Waals surface area (Å²) >= 11 is 1.63. The highest BCUT2D eigenvalue weighted by Crippen LogP contribution is 2.24. The number of hydrogen-bond donors (Lipinski definition) is 1. The molecule has 0 spiro atoms. The predicted molar refractivity (Wildman–Crippen MR) is 129 cm³/mol. The Bertz CT molecular complexity index is 1020. The summed E-state index contributed by atoms with van der Waals surface area (Å²) in [5, 5.41) is 6.13. The van der Waals surface area contributed by atoms with Gasteiger partial charge in [0.05, 0.1) is 17.2 Å². The zero-order valence-electron chi connectivity index (χ0n) is 17.8. The molecule has 1 N–H and O–H groups in total. The zero-order chi connectivity index (χ0) is 21.5. The fourth-order valence-electron chi connectivity index (χ4n) is 3.69. The molecule has 3 aromatic rings. The van der Waals surface area contributed by atoms with E-state index in [1.165, 1.54) is 5.56 Å². The van der Waals surface area contributed by atoms with Crippen molar-refractivity contribution < 1.29 is 4.79 Å². The highest BCUT2D eigenvalue weighted by atomic mass is 32.1. The van der Waals surface area contributed by atoms with Gasteiger partial charge in [-0.05, 0) is 24.6 Å². The van der Waals surface area contributed by atoms with Crippen molar-refractivity contribution in [1.82, 2.24) is 14.8 Å². The van der Waals surface area contributed by atoms with Crippen LogP contribution in [0.4, 0.5) is 5.69 Å². The highest BCUT2D eigenvalue weighted by Gasteiger charge is 2.18. The van der Waals surface area contributed by atoms with Gasteiger partial charge in [-0.2, -0.15) is 0 Å². The molecule has 4 rings (SSSR count). The molecule has 1 aromatic heterocycles. The number of benzene rings is 2. The van der Waals surface area contributed by atoms with Crippen LogP contribution in [0.1, 0.15) is 10.6 Å². The molecule has 0 unspecified atom stereocenters. The lowest BCUT2D eigenvalue weighted by molar-refractivity contribution is -0.117. The Kier molecular flexibility index (Phi) is 7.25. The zero-order valence-corrected chi connectivity index (χ0v) is 18.6. The molecule has 1 saturated heterocycles. The number of carbonyl (C=O) groups is 1. The predicted octanol–water partition coefficient (Wildman–Crippen LogP) is 4.39. The fourth-order valence-corrected chi connectivity index (χ4v) is 4.31. The molecule has 2 heterocycles. The molecule has 1 fully saturated rings. The summed E-state index contributed by atoms with van der Waals surface area (Å²) in [7, 11) is 0. The average Bonchev–Trinajstić information content (AvgIpc) is 3.22. The molecular formula is C25H28N4OS. The summed E-state index contributed by atoms with van der Waals surface area (Å²) in [6.45, 7) is 7.14. The quantitative estimate of drug-likeness (QED) is 0.602. The van der Waals surface area contributed by atoms with Gasteiger partial charge in [-0.1, -0.05) is 54.6 Å². The number of aryl methyl sites for hydroxylation is 1. The minimum Gasteiger partial charge on any atom is -0.325 e. The van der Waals surface area contributed by atoms with Crippen molar-refractivity contribution in [1.29, 1.82) is 0 Å². The normalized spacial score (nSPS) is 15.4. The van der Waals surface area contributed by atoms with Gasteiger partial charge >= 0.3 is 0 Å². The number of rotatable bonds is 7. The van der Waals surface area contributed by atoms with Crippen LogP contribution in [0.3, 0.4) is 0 Å². The van der Waals surface area contributed by atoms with E-state index in [1.54, 1.807) is 11.3 Å². The van der Waals surface area contributed by atoms with Crippen LogP contribution in [0.2, 0.25) is 0 Å². The van der Waals surface area contributed by atoms with E-state index in [9.17, 15) is 4.79 Å². The molecule has 0 aliphatic carbocycles. The molecule has 0 atom stereocenters. The Hall–Kier alpha value is -2.80. The maximum Gasteiger partial charge on any atom is 0.238 e. The average molecular weight is 433 g/mol. The van der Waals surface area contributed by atoms with Crippen molar-refractivity contribution in [2.24, 2.45) is 0 Å². The van der Waals surface area contributed by atoms with E-state index in [1.807, 2.05) is 42.6 Å². The molecule has 1 amide bonds. The lowest BCUT2D eigenvalue weighted by atomic mass is 10.1. The summed E-state index contributed by atoms with van der Waals surface area (Å²) in [5.41, 5.74) is 4.03. The number of nitrogens with one attached hydrogen (secondary N) is 1. The molecule has 5 nitrogen and oxygen atoms in total. The Morgan fingerprint density at radius 2 is 1.84 bits per heavy atom. The molecule has 1 aliphatic rings. The van der Waals surface area contributed by atoms with Crippen LogP contribution >= 0.6 is 11.3 Å². The van der Waals surface area contributed by atoms with Crippen molar-refractivity contribution in [3.05, 3.63) is 76.6 Å². The third-order valence-corrected chi connectivity index (χ3v) is 6.14. The van der Waals surface area contributed by atoms with Gasteiger partial charge in [0.25, 0.3) is 0 Å². The van der Waals surface area contributed by atoms with Gasteiger partial charge in [0, 0.05) is 49.4 Å². The van der Waals surface area contributed by atoms with E-state index in [2.05, 4.69) is 56.5 Å². The Balaban J connectivity index is 1.22. The molecule has 0 bridgehead atoms. The second-order valence-corrected chi connectivity index (χ2v) is 8.83. The van der Waals surface area contributed by atoms with E-state index >= 15 is 0 Å². The van der Waals surface area contributed by atoms with Gasteiger partial charge in [-0.15, -0.1) is 11.3 Å². The van der Waals surface area contributed by atoms with Crippen LogP contribution in [0.25, 0.3) is 17.3 Å². The summed E-state index contributed by atoms with van der Waals surface area (Å²) < 4.78 is 0. The number of hydrogen-bond acceptors (Lipinski definition) is 5. The summed E-state index contributed by atoms with van der Waals surface area (Å²) in [5.74, 6) is 0.0315. The smallest absolute Gasteiger partial charge is 0.238 e. The SMILES string of the molecule is Cc1nc(-c2cccc(NC(=O)CN3CCN(CC=Cc4ccccc4)CC3)c2)cs1. The summed E-state index contributed by atoms with van der Waals surface area (Å²) in [6.07, 6.45) is 4.38. The molecule has 0 saturated carbocycles. The van der Waals surface area contributed by atoms with Gasteiger partial charge in [0.15, 0.2) is 0 Å². The van der Waals surface area contributed by atoms with Gasteiger partial charge in [0.1, 0.15) is 0 Å². The molecule has 160 valence electrons. The Labute approximate surface area is 188 Å². The fraction of sp³-hybridized carbons (Fsp3) is 0.280. The van der Waals surface area contributed by atoms with Crippen LogP contribution in [-0.4, -0.2) is 60.0 Å². The molecule has 2 aromatic carbocycles. The van der Waals surface area contributed by atoms with Crippen molar-refractivity contribution >= 4 is 29.0 Å². The van der Waals surface area contributed by atoms with Crippen molar-refractivity contribution in [2.45, 2.75) is 6.92 Å². The number of carbonyl (C=O) groups excluding carboxylic acids is 1. The summed E-state index contributed by atoms with van der Waals surface area (Å²) in [4.78, 5) is 21.7. The van der Waals surface area contributed by atoms with E-state index in [0.717, 1.165) is 54.7 Å². The minimum atomic E-state index is 0.0315. The van der Waals surface area contributed by atoms with Crippen molar-refractivity contribution in [2.75, 3.05) is 44.6 Å². The van der Waals surface area contributed by atoms with Gasteiger partial charge < -0.3 is 5.32 Å². The maximum atomic E-state index is 12.6. The first-order chi connectivity index (χ1) is 15.2. The van der Waals surface area contributed by atoms with Crippen LogP contribution in [0, 0.1) is 6.92 Å². The number of thiazole rings is 1. The van der Waals surface area contributed by atoms with E-state index in [-0.39, 0.29) is 5.91 Å². The van der Waals surface area contributed by atoms with E-state index in [0.29, 0.717) is 6.54 Å². The third-order valence-electron chi connectivity index (χ3n) is 5.37. The number of piperazine rings is 1. The molecule has 6 heteroatoms. The number of nitrogens with zero attached hydrogens (tertiary/aromatic N) is 3. The van der Waals surface area contributed by atoms with Crippen molar-refractivity contribution in [3.63, 3.8) is 0 Å². The lowest BCUT2D eigenvalue weighted by Crippen LogP contribution is -2.48.